The Bertz CT molecular complexity index is 282. The molecule has 0 saturated carbocycles. The monoisotopic (exact) mass is 195 g/mol. The summed E-state index contributed by atoms with van der Waals surface area (Å²) in [5.41, 5.74) is 8.01. The van der Waals surface area contributed by atoms with Gasteiger partial charge in [0.15, 0.2) is 0 Å². The van der Waals surface area contributed by atoms with Crippen molar-refractivity contribution in [2.45, 2.75) is 11.4 Å². The lowest BCUT2D eigenvalue weighted by molar-refractivity contribution is 0.928. The summed E-state index contributed by atoms with van der Waals surface area (Å²) < 4.78 is 0. The zero-order chi connectivity index (χ0) is 9.36. The van der Waals surface area contributed by atoms with Crippen molar-refractivity contribution in [2.75, 3.05) is 12.3 Å². The molecule has 0 bridgehead atoms. The zero-order valence-electron chi connectivity index (χ0n) is 7.00. The molecule has 0 radical (unpaired) electrons. The highest BCUT2D eigenvalue weighted by atomic mass is 32.2. The Balaban J connectivity index is 2.17. The summed E-state index contributed by atoms with van der Waals surface area (Å²) in [6.07, 6.45) is 4.11. The molecule has 0 saturated heterocycles. The highest BCUT2D eigenvalue weighted by Crippen LogP contribution is 2.13. The molecule has 0 fully saturated rings. The Morgan fingerprint density at radius 2 is 2.54 bits per heavy atom. The normalized spacial score (nSPS) is 9.23. The van der Waals surface area contributed by atoms with Gasteiger partial charge in [0.05, 0.1) is 5.03 Å². The van der Waals surface area contributed by atoms with Gasteiger partial charge in [0.1, 0.15) is 6.33 Å². The van der Waals surface area contributed by atoms with Crippen LogP contribution in [0.15, 0.2) is 28.7 Å². The average molecular weight is 195 g/mol. The van der Waals surface area contributed by atoms with Crippen LogP contribution in [-0.2, 0) is 0 Å². The molecule has 0 unspecified atom stereocenters. The van der Waals surface area contributed by atoms with Crippen molar-refractivity contribution in [2.24, 2.45) is 5.11 Å². The fraction of sp³-hybridized carbons (Fsp3) is 0.429. The number of thioether (sulfide) groups is 1. The molecule has 0 spiro atoms. The molecule has 68 valence electrons. The van der Waals surface area contributed by atoms with Crippen LogP contribution in [0.4, 0.5) is 0 Å². The van der Waals surface area contributed by atoms with Gasteiger partial charge in [-0.2, -0.15) is 0 Å². The Morgan fingerprint density at radius 3 is 3.23 bits per heavy atom. The van der Waals surface area contributed by atoms with Gasteiger partial charge in [0, 0.05) is 17.7 Å². The van der Waals surface area contributed by atoms with Crippen LogP contribution < -0.4 is 0 Å². The SMILES string of the molecule is [N-]=[N+]=NCCCSc1ccncn1. The molecule has 0 aliphatic heterocycles. The van der Waals surface area contributed by atoms with Gasteiger partial charge in [-0.05, 0) is 23.8 Å². The number of aromatic nitrogens is 2. The van der Waals surface area contributed by atoms with Gasteiger partial charge < -0.3 is 0 Å². The summed E-state index contributed by atoms with van der Waals surface area (Å²) in [5.74, 6) is 0.913. The minimum Gasteiger partial charge on any atom is -0.245 e. The largest absolute Gasteiger partial charge is 0.245 e. The first-order valence-electron chi connectivity index (χ1n) is 3.83. The van der Waals surface area contributed by atoms with Crippen LogP contribution in [0.1, 0.15) is 6.42 Å². The van der Waals surface area contributed by atoms with Crippen molar-refractivity contribution in [3.63, 3.8) is 0 Å². The minimum absolute atomic E-state index is 0.550. The van der Waals surface area contributed by atoms with E-state index >= 15 is 0 Å². The second kappa shape index (κ2) is 6.28. The summed E-state index contributed by atoms with van der Waals surface area (Å²) in [5, 5.41) is 4.39. The maximum atomic E-state index is 8.01. The molecule has 0 aliphatic carbocycles. The molecule has 0 N–H and O–H groups in total. The van der Waals surface area contributed by atoms with Crippen LogP contribution in [0.2, 0.25) is 0 Å². The molecule has 0 aromatic carbocycles. The first-order chi connectivity index (χ1) is 6.43. The van der Waals surface area contributed by atoms with E-state index in [2.05, 4.69) is 20.0 Å². The van der Waals surface area contributed by atoms with Gasteiger partial charge in [0.25, 0.3) is 0 Å². The lowest BCUT2D eigenvalue weighted by Gasteiger charge is -1.96. The van der Waals surface area contributed by atoms with Gasteiger partial charge in [-0.1, -0.05) is 5.11 Å². The van der Waals surface area contributed by atoms with Crippen molar-refractivity contribution in [1.82, 2.24) is 9.97 Å². The van der Waals surface area contributed by atoms with E-state index in [1.165, 1.54) is 6.33 Å². The topological polar surface area (TPSA) is 74.5 Å². The molecule has 0 atom stereocenters. The van der Waals surface area contributed by atoms with Crippen LogP contribution in [0.3, 0.4) is 0 Å². The predicted octanol–water partition coefficient (Wildman–Crippen LogP) is 2.27. The number of hydrogen-bond acceptors (Lipinski definition) is 4. The molecule has 1 rings (SSSR count). The standard InChI is InChI=1S/C7H9N5S/c8-12-11-3-1-5-13-7-2-4-9-6-10-7/h2,4,6H,1,3,5H2. The maximum Gasteiger partial charge on any atom is 0.116 e. The highest BCUT2D eigenvalue weighted by Gasteiger charge is 1.92. The second-order valence-electron chi connectivity index (χ2n) is 2.20. The van der Waals surface area contributed by atoms with E-state index in [9.17, 15) is 0 Å². The lowest BCUT2D eigenvalue weighted by atomic mass is 10.5. The lowest BCUT2D eigenvalue weighted by Crippen LogP contribution is -1.85. The number of azide groups is 1. The number of rotatable bonds is 5. The van der Waals surface area contributed by atoms with Crippen molar-refractivity contribution in [3.8, 4) is 0 Å². The maximum absolute atomic E-state index is 8.01. The van der Waals surface area contributed by atoms with Crippen molar-refractivity contribution < 1.29 is 0 Å². The van der Waals surface area contributed by atoms with Crippen LogP contribution in [-0.4, -0.2) is 22.3 Å². The van der Waals surface area contributed by atoms with E-state index in [1.54, 1.807) is 18.0 Å². The number of nitrogens with zero attached hydrogens (tertiary/aromatic N) is 5. The number of hydrogen-bond donors (Lipinski definition) is 0. The molecule has 1 aromatic rings. The summed E-state index contributed by atoms with van der Waals surface area (Å²) in [6, 6.07) is 1.86. The summed E-state index contributed by atoms with van der Waals surface area (Å²) in [4.78, 5) is 10.5. The van der Waals surface area contributed by atoms with E-state index < -0.39 is 0 Å². The zero-order valence-corrected chi connectivity index (χ0v) is 7.81. The van der Waals surface area contributed by atoms with Gasteiger partial charge in [-0.3, -0.25) is 0 Å². The average Bonchev–Trinajstić information content (AvgIpc) is 2.19. The molecule has 0 amide bonds. The van der Waals surface area contributed by atoms with Crippen LogP contribution in [0, 0.1) is 0 Å². The van der Waals surface area contributed by atoms with Gasteiger partial charge in [0.2, 0.25) is 0 Å². The van der Waals surface area contributed by atoms with E-state index in [0.29, 0.717) is 6.54 Å². The molecule has 1 aromatic heterocycles. The fourth-order valence-electron chi connectivity index (χ4n) is 0.721. The van der Waals surface area contributed by atoms with E-state index in [-0.39, 0.29) is 0 Å². The Labute approximate surface area is 80.2 Å². The molecule has 13 heavy (non-hydrogen) atoms. The molecule has 5 nitrogen and oxygen atoms in total. The third-order valence-corrected chi connectivity index (χ3v) is 2.30. The Kier molecular flexibility index (Phi) is 4.74. The third-order valence-electron chi connectivity index (χ3n) is 1.27. The summed E-state index contributed by atoms with van der Waals surface area (Å²) in [6.45, 7) is 0.550. The van der Waals surface area contributed by atoms with Crippen molar-refractivity contribution in [1.29, 1.82) is 0 Å². The van der Waals surface area contributed by atoms with Gasteiger partial charge >= 0.3 is 0 Å². The highest BCUT2D eigenvalue weighted by molar-refractivity contribution is 7.99. The van der Waals surface area contributed by atoms with Gasteiger partial charge in [-0.15, -0.1) is 11.8 Å². The van der Waals surface area contributed by atoms with E-state index in [4.69, 9.17) is 5.53 Å². The minimum atomic E-state index is 0.550. The molecule has 1 heterocycles. The second-order valence-corrected chi connectivity index (χ2v) is 3.32. The Morgan fingerprint density at radius 1 is 1.62 bits per heavy atom. The third kappa shape index (κ3) is 4.35. The fourth-order valence-corrected chi connectivity index (χ4v) is 1.48. The molecule has 6 heteroatoms. The molecular formula is C7H9N5S. The Hall–Kier alpha value is -1.26. The summed E-state index contributed by atoms with van der Waals surface area (Å²) in [7, 11) is 0. The van der Waals surface area contributed by atoms with E-state index in [1.807, 2.05) is 6.07 Å². The van der Waals surface area contributed by atoms with Crippen LogP contribution in [0.25, 0.3) is 10.4 Å². The molecule has 0 aliphatic rings. The van der Waals surface area contributed by atoms with E-state index in [0.717, 1.165) is 17.2 Å². The van der Waals surface area contributed by atoms with Crippen LogP contribution in [0.5, 0.6) is 0 Å². The van der Waals surface area contributed by atoms with Gasteiger partial charge in [-0.25, -0.2) is 9.97 Å². The van der Waals surface area contributed by atoms with Crippen molar-refractivity contribution >= 4 is 11.8 Å². The molecular weight excluding hydrogens is 186 g/mol. The predicted molar refractivity (Wildman–Crippen MR) is 51.4 cm³/mol. The first-order valence-corrected chi connectivity index (χ1v) is 4.81. The van der Waals surface area contributed by atoms with Crippen LogP contribution >= 0.6 is 11.8 Å². The smallest absolute Gasteiger partial charge is 0.116 e. The van der Waals surface area contributed by atoms with Crippen molar-refractivity contribution in [3.05, 3.63) is 29.0 Å². The quantitative estimate of drug-likeness (QED) is 0.180. The first kappa shape index (κ1) is 9.83. The summed E-state index contributed by atoms with van der Waals surface area (Å²) >= 11 is 1.64.